The van der Waals surface area contributed by atoms with Crippen LogP contribution in [-0.2, 0) is 11.3 Å². The first-order chi connectivity index (χ1) is 13.4. The minimum absolute atomic E-state index is 0.0174. The summed E-state index contributed by atoms with van der Waals surface area (Å²) in [6.45, 7) is 7.99. The van der Waals surface area contributed by atoms with Gasteiger partial charge in [-0.3, -0.25) is 9.59 Å². The van der Waals surface area contributed by atoms with Crippen LogP contribution in [0, 0.1) is 0 Å². The van der Waals surface area contributed by atoms with Crippen molar-refractivity contribution in [3.8, 4) is 5.75 Å². The van der Waals surface area contributed by atoms with Gasteiger partial charge in [-0.15, -0.1) is 0 Å². The van der Waals surface area contributed by atoms with Crippen molar-refractivity contribution in [3.05, 3.63) is 48.2 Å². The number of para-hydroxylation sites is 1. The molecule has 0 aliphatic heterocycles. The van der Waals surface area contributed by atoms with Gasteiger partial charge in [0.1, 0.15) is 12.0 Å². The van der Waals surface area contributed by atoms with Crippen LogP contribution in [0.1, 0.15) is 56.9 Å². The van der Waals surface area contributed by atoms with Crippen LogP contribution in [0.4, 0.5) is 0 Å². The second-order valence-electron chi connectivity index (χ2n) is 6.79. The number of nitrogens with one attached hydrogen (secondary N) is 1. The molecule has 0 saturated heterocycles. The van der Waals surface area contributed by atoms with Crippen LogP contribution in [-0.4, -0.2) is 40.4 Å². The smallest absolute Gasteiger partial charge is 0.273 e. The molecule has 1 aromatic carbocycles. The summed E-state index contributed by atoms with van der Waals surface area (Å²) in [5.74, 6) is 0.517. The fraction of sp³-hybridized carbons (Fsp3) is 0.476. The molecule has 2 amide bonds. The lowest BCUT2D eigenvalue weighted by Crippen LogP contribution is -2.40. The van der Waals surface area contributed by atoms with Crippen LogP contribution >= 0.6 is 0 Å². The molecule has 2 unspecified atom stereocenters. The first kappa shape index (κ1) is 21.5. The largest absolute Gasteiger partial charge is 0.484 e. The monoisotopic (exact) mass is 387 g/mol. The molecule has 0 saturated carbocycles. The molecule has 0 radical (unpaired) electrons. The molecule has 2 rings (SSSR count). The molecule has 0 spiro atoms. The highest BCUT2D eigenvalue weighted by Gasteiger charge is 2.23. The summed E-state index contributed by atoms with van der Waals surface area (Å²) in [6, 6.07) is 9.24. The van der Waals surface area contributed by atoms with Crippen molar-refractivity contribution >= 4 is 11.8 Å². The maximum Gasteiger partial charge on any atom is 0.273 e. The minimum atomic E-state index is -0.279. The van der Waals surface area contributed by atoms with E-state index in [-0.39, 0.29) is 42.7 Å². The molecule has 0 bridgehead atoms. The molecule has 152 valence electrons. The van der Waals surface area contributed by atoms with E-state index in [9.17, 15) is 9.59 Å². The molecule has 0 aliphatic carbocycles. The highest BCUT2D eigenvalue weighted by Crippen LogP contribution is 2.14. The van der Waals surface area contributed by atoms with Gasteiger partial charge in [0.25, 0.3) is 11.8 Å². The number of rotatable bonds is 10. The summed E-state index contributed by atoms with van der Waals surface area (Å²) in [4.78, 5) is 30.8. The number of oxazole rings is 1. The van der Waals surface area contributed by atoms with Gasteiger partial charge < -0.3 is 19.4 Å². The van der Waals surface area contributed by atoms with Gasteiger partial charge in [-0.05, 0) is 38.8 Å². The number of hydrogen-bond acceptors (Lipinski definition) is 5. The van der Waals surface area contributed by atoms with Crippen LogP contribution in [0.3, 0.4) is 0 Å². The van der Waals surface area contributed by atoms with Crippen LogP contribution in [0.15, 0.2) is 41.0 Å². The molecule has 0 fully saturated rings. The van der Waals surface area contributed by atoms with Crippen molar-refractivity contribution < 1.29 is 18.7 Å². The molecule has 28 heavy (non-hydrogen) atoms. The number of carbonyl (C=O) groups excluding carboxylic acids is 2. The third kappa shape index (κ3) is 6.11. The number of amides is 2. The van der Waals surface area contributed by atoms with E-state index in [4.69, 9.17) is 9.15 Å². The summed E-state index contributed by atoms with van der Waals surface area (Å²) >= 11 is 0. The predicted molar refractivity (Wildman–Crippen MR) is 106 cm³/mol. The third-order valence-electron chi connectivity index (χ3n) is 4.63. The Labute approximate surface area is 166 Å². The number of aromatic nitrogens is 1. The average molecular weight is 387 g/mol. The van der Waals surface area contributed by atoms with Crippen molar-refractivity contribution in [1.82, 2.24) is 15.2 Å². The van der Waals surface area contributed by atoms with E-state index >= 15 is 0 Å². The minimum Gasteiger partial charge on any atom is -0.484 e. The van der Waals surface area contributed by atoms with E-state index in [0.29, 0.717) is 11.6 Å². The molecule has 1 heterocycles. The van der Waals surface area contributed by atoms with Gasteiger partial charge in [0, 0.05) is 12.1 Å². The first-order valence-corrected chi connectivity index (χ1v) is 9.67. The Hall–Kier alpha value is -2.83. The van der Waals surface area contributed by atoms with Gasteiger partial charge in [-0.1, -0.05) is 32.0 Å². The highest BCUT2D eigenvalue weighted by molar-refractivity contribution is 5.92. The van der Waals surface area contributed by atoms with E-state index in [2.05, 4.69) is 10.3 Å². The third-order valence-corrected chi connectivity index (χ3v) is 4.63. The molecule has 1 N–H and O–H groups in total. The van der Waals surface area contributed by atoms with Gasteiger partial charge in [0.05, 0.1) is 6.54 Å². The topological polar surface area (TPSA) is 84.7 Å². The summed E-state index contributed by atoms with van der Waals surface area (Å²) in [5, 5.41) is 2.85. The molecule has 2 atom stereocenters. The molecule has 1 aromatic heterocycles. The van der Waals surface area contributed by atoms with Crippen LogP contribution in [0.25, 0.3) is 0 Å². The van der Waals surface area contributed by atoms with Crippen LogP contribution < -0.4 is 10.1 Å². The van der Waals surface area contributed by atoms with Crippen molar-refractivity contribution in [2.24, 2.45) is 0 Å². The van der Waals surface area contributed by atoms with Gasteiger partial charge in [0.2, 0.25) is 5.89 Å². The Morgan fingerprint density at radius 1 is 1.18 bits per heavy atom. The number of carbonyl (C=O) groups is 2. The van der Waals surface area contributed by atoms with E-state index in [0.717, 1.165) is 12.8 Å². The van der Waals surface area contributed by atoms with E-state index in [1.807, 2.05) is 45.9 Å². The zero-order valence-corrected chi connectivity index (χ0v) is 17.0. The summed E-state index contributed by atoms with van der Waals surface area (Å²) in [7, 11) is 0. The Morgan fingerprint density at radius 2 is 1.89 bits per heavy atom. The second-order valence-corrected chi connectivity index (χ2v) is 6.79. The fourth-order valence-electron chi connectivity index (χ4n) is 2.49. The van der Waals surface area contributed by atoms with E-state index in [1.165, 1.54) is 6.26 Å². The number of nitrogens with zero attached hydrogens (tertiary/aromatic N) is 2. The predicted octanol–water partition coefficient (Wildman–Crippen LogP) is 3.41. The summed E-state index contributed by atoms with van der Waals surface area (Å²) < 4.78 is 11.0. The Morgan fingerprint density at radius 3 is 2.54 bits per heavy atom. The van der Waals surface area contributed by atoms with Crippen molar-refractivity contribution in [1.29, 1.82) is 0 Å². The fourth-order valence-corrected chi connectivity index (χ4v) is 2.49. The van der Waals surface area contributed by atoms with Gasteiger partial charge in [-0.2, -0.15) is 0 Å². The molecule has 7 nitrogen and oxygen atoms in total. The first-order valence-electron chi connectivity index (χ1n) is 9.67. The molecule has 7 heteroatoms. The van der Waals surface area contributed by atoms with Gasteiger partial charge >= 0.3 is 0 Å². The number of ether oxygens (including phenoxy) is 1. The lowest BCUT2D eigenvalue weighted by molar-refractivity contribution is -0.136. The summed E-state index contributed by atoms with van der Waals surface area (Å²) in [6.07, 6.45) is 2.93. The van der Waals surface area contributed by atoms with E-state index in [1.54, 1.807) is 17.0 Å². The quantitative estimate of drug-likeness (QED) is 0.675. The van der Waals surface area contributed by atoms with Crippen molar-refractivity contribution in [2.75, 3.05) is 6.61 Å². The molecular weight excluding hydrogens is 358 g/mol. The molecular formula is C21H29N3O4. The lowest BCUT2D eigenvalue weighted by Gasteiger charge is -2.27. The Kier molecular flexibility index (Phi) is 8.04. The number of benzene rings is 1. The number of hydrogen-bond donors (Lipinski definition) is 1. The van der Waals surface area contributed by atoms with Gasteiger partial charge in [0.15, 0.2) is 12.3 Å². The molecule has 0 aliphatic rings. The maximum absolute atomic E-state index is 12.7. The normalized spacial score (nSPS) is 12.9. The van der Waals surface area contributed by atoms with Crippen molar-refractivity contribution in [2.45, 2.75) is 59.2 Å². The zero-order chi connectivity index (χ0) is 20.5. The highest BCUT2D eigenvalue weighted by atomic mass is 16.5. The lowest BCUT2D eigenvalue weighted by atomic mass is 10.2. The summed E-state index contributed by atoms with van der Waals surface area (Å²) in [5.41, 5.74) is 0.215. The Balaban J connectivity index is 2.01. The van der Waals surface area contributed by atoms with Crippen LogP contribution in [0.2, 0.25) is 0 Å². The van der Waals surface area contributed by atoms with Gasteiger partial charge in [-0.25, -0.2) is 4.98 Å². The van der Waals surface area contributed by atoms with Crippen LogP contribution in [0.5, 0.6) is 5.75 Å². The van der Waals surface area contributed by atoms with E-state index < -0.39 is 0 Å². The van der Waals surface area contributed by atoms with Crippen molar-refractivity contribution in [3.63, 3.8) is 0 Å². The Bertz CT molecular complexity index is 760. The maximum atomic E-state index is 12.7. The average Bonchev–Trinajstić information content (AvgIpc) is 3.19. The SMILES string of the molecule is CCC(C)NC(=O)c1coc(CN(C(=O)COc2ccccc2)C(C)CC)n1. The standard InChI is InChI=1S/C21H29N3O4/c1-5-15(3)22-21(26)18-13-28-19(23-18)12-24(16(4)6-2)20(25)14-27-17-10-8-7-9-11-17/h7-11,13,15-16H,5-6,12,14H2,1-4H3,(H,22,26). The zero-order valence-electron chi connectivity index (χ0n) is 17.0. The second kappa shape index (κ2) is 10.5. The molecule has 2 aromatic rings.